The second-order valence-electron chi connectivity index (χ2n) is 6.89. The van der Waals surface area contributed by atoms with Gasteiger partial charge in [-0.05, 0) is 36.6 Å². The summed E-state index contributed by atoms with van der Waals surface area (Å²) in [5.41, 5.74) is 2.89. The van der Waals surface area contributed by atoms with Crippen LogP contribution in [-0.2, 0) is 16.3 Å². The maximum absolute atomic E-state index is 13.2. The maximum atomic E-state index is 13.2. The first-order valence-corrected chi connectivity index (χ1v) is 10.1. The van der Waals surface area contributed by atoms with Gasteiger partial charge >= 0.3 is 0 Å². The molecule has 1 amide bonds. The molecule has 25 heavy (non-hydrogen) atoms. The van der Waals surface area contributed by atoms with Crippen molar-refractivity contribution >= 4 is 23.5 Å². The normalized spacial score (nSPS) is 17.0. The summed E-state index contributed by atoms with van der Waals surface area (Å²) in [7, 11) is 0. The lowest BCUT2D eigenvalue weighted by molar-refractivity contribution is -0.116. The van der Waals surface area contributed by atoms with E-state index < -0.39 is 0 Å². The zero-order chi connectivity index (χ0) is 17.2. The molecule has 4 rings (SSSR count). The van der Waals surface area contributed by atoms with Gasteiger partial charge in [0, 0.05) is 23.5 Å². The molecule has 0 radical (unpaired) electrons. The van der Waals surface area contributed by atoms with Crippen molar-refractivity contribution in [3.05, 3.63) is 41.3 Å². The molecule has 0 bridgehead atoms. The number of benzene rings is 1. The van der Waals surface area contributed by atoms with E-state index in [1.165, 1.54) is 37.8 Å². The highest BCUT2D eigenvalue weighted by Crippen LogP contribution is 2.36. The molecule has 1 aromatic carbocycles. The van der Waals surface area contributed by atoms with E-state index in [1.807, 2.05) is 0 Å². The van der Waals surface area contributed by atoms with E-state index >= 15 is 0 Å². The number of halogens is 1. The molecular weight excluding hydrogens is 337 g/mol. The first-order chi connectivity index (χ1) is 12.2. The van der Waals surface area contributed by atoms with E-state index in [0.29, 0.717) is 12.3 Å². The van der Waals surface area contributed by atoms with Gasteiger partial charge in [-0.3, -0.25) is 4.79 Å². The standard InChI is InChI=1S/C19H22FN3OS/c20-14-6-8-15(9-7-14)23-19(16-11-25-12-17(16)22-23)21-18(24)10-5-13-3-1-2-4-13/h6-9,13H,1-5,10-12H2,(H,21,24). The number of nitrogens with zero attached hydrogens (tertiary/aromatic N) is 2. The number of thioether (sulfide) groups is 1. The van der Waals surface area contributed by atoms with E-state index in [2.05, 4.69) is 10.4 Å². The van der Waals surface area contributed by atoms with Gasteiger partial charge in [0.1, 0.15) is 11.6 Å². The Bertz CT molecular complexity index is 766. The number of hydrogen-bond acceptors (Lipinski definition) is 3. The van der Waals surface area contributed by atoms with Crippen LogP contribution in [0.2, 0.25) is 0 Å². The van der Waals surface area contributed by atoms with Crippen molar-refractivity contribution in [3.63, 3.8) is 0 Å². The molecule has 1 aromatic heterocycles. The Morgan fingerprint density at radius 1 is 1.24 bits per heavy atom. The van der Waals surface area contributed by atoms with Crippen molar-refractivity contribution in [1.82, 2.24) is 9.78 Å². The number of aromatic nitrogens is 2. The summed E-state index contributed by atoms with van der Waals surface area (Å²) in [6.07, 6.45) is 6.64. The number of hydrogen-bond donors (Lipinski definition) is 1. The van der Waals surface area contributed by atoms with Crippen LogP contribution in [0.3, 0.4) is 0 Å². The molecule has 1 fully saturated rings. The zero-order valence-electron chi connectivity index (χ0n) is 14.1. The highest BCUT2D eigenvalue weighted by molar-refractivity contribution is 7.98. The topological polar surface area (TPSA) is 46.9 Å². The molecule has 1 N–H and O–H groups in total. The highest BCUT2D eigenvalue weighted by atomic mass is 32.2. The molecule has 1 saturated carbocycles. The van der Waals surface area contributed by atoms with E-state index in [4.69, 9.17) is 0 Å². The third kappa shape index (κ3) is 3.59. The van der Waals surface area contributed by atoms with Crippen LogP contribution in [0.5, 0.6) is 0 Å². The van der Waals surface area contributed by atoms with Crippen LogP contribution >= 0.6 is 11.8 Å². The first kappa shape index (κ1) is 16.6. The fourth-order valence-electron chi connectivity index (χ4n) is 3.74. The second kappa shape index (κ2) is 7.20. The fourth-order valence-corrected chi connectivity index (χ4v) is 4.77. The van der Waals surface area contributed by atoms with Gasteiger partial charge in [0.25, 0.3) is 0 Å². The summed E-state index contributed by atoms with van der Waals surface area (Å²) in [6, 6.07) is 6.22. The monoisotopic (exact) mass is 359 g/mol. The highest BCUT2D eigenvalue weighted by Gasteiger charge is 2.25. The van der Waals surface area contributed by atoms with Gasteiger partial charge < -0.3 is 5.32 Å². The molecule has 2 aromatic rings. The van der Waals surface area contributed by atoms with Crippen molar-refractivity contribution in [1.29, 1.82) is 0 Å². The van der Waals surface area contributed by atoms with Crippen LogP contribution in [0.1, 0.15) is 49.8 Å². The first-order valence-electron chi connectivity index (χ1n) is 8.95. The molecule has 2 heterocycles. The molecule has 1 aliphatic heterocycles. The maximum Gasteiger partial charge on any atom is 0.225 e. The third-order valence-electron chi connectivity index (χ3n) is 5.14. The summed E-state index contributed by atoms with van der Waals surface area (Å²) in [5, 5.41) is 7.72. The number of nitrogens with one attached hydrogen (secondary N) is 1. The Balaban J connectivity index is 1.53. The van der Waals surface area contributed by atoms with Crippen LogP contribution in [0.15, 0.2) is 24.3 Å². The molecule has 2 aliphatic rings. The number of anilines is 1. The number of rotatable bonds is 5. The summed E-state index contributed by atoms with van der Waals surface area (Å²) in [5.74, 6) is 2.94. The Morgan fingerprint density at radius 3 is 2.76 bits per heavy atom. The zero-order valence-corrected chi connectivity index (χ0v) is 14.9. The van der Waals surface area contributed by atoms with Gasteiger partial charge in [-0.15, -0.1) is 0 Å². The minimum atomic E-state index is -0.277. The van der Waals surface area contributed by atoms with Crippen LogP contribution in [0, 0.1) is 11.7 Å². The Hall–Kier alpha value is -1.82. The molecular formula is C19H22FN3OS. The Morgan fingerprint density at radius 2 is 2.00 bits per heavy atom. The Kier molecular flexibility index (Phi) is 4.79. The van der Waals surface area contributed by atoms with E-state index in [0.717, 1.165) is 40.7 Å². The average Bonchev–Trinajstić information content (AvgIpc) is 3.32. The lowest BCUT2D eigenvalue weighted by Crippen LogP contribution is -2.16. The molecule has 132 valence electrons. The summed E-state index contributed by atoms with van der Waals surface area (Å²) >= 11 is 1.80. The van der Waals surface area contributed by atoms with Crippen LogP contribution in [0.25, 0.3) is 5.69 Å². The summed E-state index contributed by atoms with van der Waals surface area (Å²) in [6.45, 7) is 0. The third-order valence-corrected chi connectivity index (χ3v) is 6.11. The van der Waals surface area contributed by atoms with Gasteiger partial charge in [0.05, 0.1) is 11.4 Å². The van der Waals surface area contributed by atoms with Gasteiger partial charge in [-0.1, -0.05) is 25.7 Å². The van der Waals surface area contributed by atoms with Crippen molar-refractivity contribution in [2.45, 2.75) is 50.0 Å². The van der Waals surface area contributed by atoms with Gasteiger partial charge in [-0.25, -0.2) is 9.07 Å². The van der Waals surface area contributed by atoms with Crippen molar-refractivity contribution < 1.29 is 9.18 Å². The molecule has 6 heteroatoms. The fraction of sp³-hybridized carbons (Fsp3) is 0.474. The van der Waals surface area contributed by atoms with Crippen LogP contribution in [-0.4, -0.2) is 15.7 Å². The molecule has 0 atom stereocenters. The number of fused-ring (bicyclic) bond motifs is 1. The summed E-state index contributed by atoms with van der Waals surface area (Å²) in [4.78, 5) is 12.5. The van der Waals surface area contributed by atoms with Crippen molar-refractivity contribution in [3.8, 4) is 5.69 Å². The molecule has 0 spiro atoms. The largest absolute Gasteiger partial charge is 0.310 e. The quantitative estimate of drug-likeness (QED) is 0.844. The predicted octanol–water partition coefficient (Wildman–Crippen LogP) is 4.67. The minimum Gasteiger partial charge on any atom is -0.310 e. The average molecular weight is 359 g/mol. The van der Waals surface area contributed by atoms with Crippen molar-refractivity contribution in [2.75, 3.05) is 5.32 Å². The molecule has 4 nitrogen and oxygen atoms in total. The number of amides is 1. The number of carbonyl (C=O) groups is 1. The molecule has 0 saturated heterocycles. The van der Waals surface area contributed by atoms with Gasteiger partial charge in [-0.2, -0.15) is 16.9 Å². The lowest BCUT2D eigenvalue weighted by atomic mass is 10.0. The molecule has 0 unspecified atom stereocenters. The smallest absolute Gasteiger partial charge is 0.225 e. The number of carbonyl (C=O) groups excluding carboxylic acids is 1. The van der Waals surface area contributed by atoms with Gasteiger partial charge in [0.15, 0.2) is 0 Å². The van der Waals surface area contributed by atoms with Crippen molar-refractivity contribution in [2.24, 2.45) is 5.92 Å². The van der Waals surface area contributed by atoms with Crippen LogP contribution in [0.4, 0.5) is 10.2 Å². The second-order valence-corrected chi connectivity index (χ2v) is 7.88. The SMILES string of the molecule is O=C(CCC1CCCC1)Nc1c2c(nn1-c1ccc(F)cc1)CSC2. The van der Waals surface area contributed by atoms with E-state index in [1.54, 1.807) is 28.6 Å². The summed E-state index contributed by atoms with van der Waals surface area (Å²) < 4.78 is 15.0. The minimum absolute atomic E-state index is 0.0508. The van der Waals surface area contributed by atoms with E-state index in [9.17, 15) is 9.18 Å². The Labute approximate surface area is 151 Å². The van der Waals surface area contributed by atoms with Gasteiger partial charge in [0.2, 0.25) is 5.91 Å². The van der Waals surface area contributed by atoms with Crippen LogP contribution < -0.4 is 5.32 Å². The molecule has 1 aliphatic carbocycles. The van der Waals surface area contributed by atoms with E-state index in [-0.39, 0.29) is 11.7 Å². The predicted molar refractivity (Wildman–Crippen MR) is 98.3 cm³/mol. The lowest BCUT2D eigenvalue weighted by Gasteiger charge is -2.12.